The molecule has 2 N–H and O–H groups in total. The van der Waals surface area contributed by atoms with Gasteiger partial charge in [0.25, 0.3) is 5.97 Å². The Hall–Kier alpha value is -4.01. The molecule has 42 heavy (non-hydrogen) atoms. The molecular weight excluding hydrogens is 612 g/mol. The summed E-state index contributed by atoms with van der Waals surface area (Å²) in [6, 6.07) is 27.1. The van der Waals surface area contributed by atoms with E-state index in [4.69, 9.17) is 15.3 Å². The molecule has 5 rings (SSSR count). The summed E-state index contributed by atoms with van der Waals surface area (Å²) in [4.78, 5) is 36.6. The maximum atomic E-state index is 13.3. The molecule has 0 saturated carbocycles. The second-order valence-electron chi connectivity index (χ2n) is 9.73. The largest absolute Gasteiger partial charge is 0.481 e. The van der Waals surface area contributed by atoms with Crippen LogP contribution < -0.4 is 0 Å². The van der Waals surface area contributed by atoms with Gasteiger partial charge in [0.05, 0.1) is 5.71 Å². The standard InChI is InChI=1S/C32H27BrN2O2S.C2H4O2/c1-3-35-29-14-8-21(31(36)25-7-5-4-6-20(25)2)18-26(29)27-19-22(9-15-30(27)35)32(37)28(34)16-17-38-24-12-10-23(33)11-13-24;1-2(3)4/h4-15,18-19,34H,3,16-17H2,1-2H3;1H3,(H,3,4). The summed E-state index contributed by atoms with van der Waals surface area (Å²) in [7, 11) is 0. The van der Waals surface area contributed by atoms with Crippen molar-refractivity contribution in [2.45, 2.75) is 38.6 Å². The van der Waals surface area contributed by atoms with Gasteiger partial charge in [-0.2, -0.15) is 0 Å². The number of hydrogen-bond acceptors (Lipinski definition) is 5. The van der Waals surface area contributed by atoms with E-state index in [1.807, 2.05) is 91.9 Å². The Labute approximate surface area is 257 Å². The first-order valence-electron chi connectivity index (χ1n) is 13.5. The van der Waals surface area contributed by atoms with E-state index in [2.05, 4.69) is 27.4 Å². The predicted molar refractivity (Wildman–Crippen MR) is 175 cm³/mol. The number of carboxylic acids is 1. The Kier molecular flexibility index (Phi) is 10.1. The summed E-state index contributed by atoms with van der Waals surface area (Å²) in [5, 5.41) is 17.7. The van der Waals surface area contributed by atoms with Gasteiger partial charge in [-0.25, -0.2) is 0 Å². The number of carboxylic acid groups (broad SMARTS) is 1. The van der Waals surface area contributed by atoms with Gasteiger partial charge in [-0.3, -0.25) is 14.4 Å². The van der Waals surface area contributed by atoms with E-state index in [1.54, 1.807) is 11.8 Å². The van der Waals surface area contributed by atoms with Crippen LogP contribution in [0, 0.1) is 12.3 Å². The molecule has 8 heteroatoms. The summed E-state index contributed by atoms with van der Waals surface area (Å²) in [6.45, 7) is 5.88. The van der Waals surface area contributed by atoms with Gasteiger partial charge in [-0.1, -0.05) is 40.2 Å². The van der Waals surface area contributed by atoms with Crippen LogP contribution in [0.15, 0.2) is 94.3 Å². The zero-order chi connectivity index (χ0) is 30.4. The van der Waals surface area contributed by atoms with Crippen molar-refractivity contribution in [2.24, 2.45) is 0 Å². The highest BCUT2D eigenvalue weighted by atomic mass is 79.9. The molecule has 6 nitrogen and oxygen atoms in total. The number of benzene rings is 4. The minimum atomic E-state index is -0.833. The van der Waals surface area contributed by atoms with Crippen molar-refractivity contribution in [2.75, 3.05) is 5.75 Å². The minimum Gasteiger partial charge on any atom is -0.481 e. The summed E-state index contributed by atoms with van der Waals surface area (Å²) < 4.78 is 3.22. The monoisotopic (exact) mass is 642 g/mol. The van der Waals surface area contributed by atoms with Gasteiger partial charge >= 0.3 is 0 Å². The molecular formula is C34H31BrN2O4S. The zero-order valence-electron chi connectivity index (χ0n) is 23.6. The third-order valence-corrected chi connectivity index (χ3v) is 8.35. The Morgan fingerprint density at radius 2 is 1.45 bits per heavy atom. The van der Waals surface area contributed by atoms with Crippen molar-refractivity contribution in [3.63, 3.8) is 0 Å². The number of halogens is 1. The number of carbonyl (C=O) groups is 3. The van der Waals surface area contributed by atoms with Crippen LogP contribution in [0.25, 0.3) is 21.8 Å². The number of hydrogen-bond donors (Lipinski definition) is 2. The first-order valence-corrected chi connectivity index (χ1v) is 15.2. The van der Waals surface area contributed by atoms with Crippen LogP contribution in [0.2, 0.25) is 0 Å². The highest BCUT2D eigenvalue weighted by Gasteiger charge is 2.18. The topological polar surface area (TPSA) is 100 Å². The molecule has 0 spiro atoms. The van der Waals surface area contributed by atoms with Crippen LogP contribution in [-0.4, -0.2) is 38.7 Å². The van der Waals surface area contributed by atoms with Crippen molar-refractivity contribution in [1.29, 1.82) is 5.41 Å². The number of ketones is 2. The van der Waals surface area contributed by atoms with Crippen LogP contribution in [-0.2, 0) is 11.3 Å². The lowest BCUT2D eigenvalue weighted by molar-refractivity contribution is -0.134. The SMILES string of the molecule is CC(=O)O.CCn1c2ccc(C(=O)C(=N)CCSc3ccc(Br)cc3)cc2c2cc(C(=O)c3ccccc3C)ccc21. The summed E-state index contributed by atoms with van der Waals surface area (Å²) in [6.07, 6.45) is 0.392. The van der Waals surface area contributed by atoms with E-state index >= 15 is 0 Å². The molecule has 214 valence electrons. The first-order chi connectivity index (χ1) is 20.1. The number of aryl methyl sites for hydroxylation is 2. The van der Waals surface area contributed by atoms with Crippen molar-refractivity contribution in [3.05, 3.63) is 112 Å². The highest BCUT2D eigenvalue weighted by Crippen LogP contribution is 2.32. The Balaban J connectivity index is 0.000000952. The van der Waals surface area contributed by atoms with Crippen molar-refractivity contribution in [1.82, 2.24) is 4.57 Å². The normalized spacial score (nSPS) is 10.8. The molecule has 0 fully saturated rings. The summed E-state index contributed by atoms with van der Waals surface area (Å²) >= 11 is 5.07. The van der Waals surface area contributed by atoms with E-state index in [9.17, 15) is 9.59 Å². The van der Waals surface area contributed by atoms with Crippen LogP contribution >= 0.6 is 27.7 Å². The molecule has 0 atom stereocenters. The van der Waals surface area contributed by atoms with E-state index in [0.29, 0.717) is 28.9 Å². The number of Topliss-reactive ketones (excluding diaryl/α,β-unsaturated/α-hetero) is 1. The predicted octanol–water partition coefficient (Wildman–Crippen LogP) is 8.59. The van der Waals surface area contributed by atoms with Crippen LogP contribution in [0.3, 0.4) is 0 Å². The fraction of sp³-hybridized carbons (Fsp3) is 0.176. The molecule has 5 aromatic rings. The lowest BCUT2D eigenvalue weighted by atomic mass is 9.97. The minimum absolute atomic E-state index is 0.0142. The van der Waals surface area contributed by atoms with Crippen LogP contribution in [0.4, 0.5) is 0 Å². The number of rotatable bonds is 9. The number of carbonyl (C=O) groups excluding carboxylic acids is 2. The number of nitrogens with zero attached hydrogens (tertiary/aromatic N) is 1. The quantitative estimate of drug-likeness (QED) is 0.0952. The fourth-order valence-electron chi connectivity index (χ4n) is 4.80. The number of thioether (sulfide) groups is 1. The van der Waals surface area contributed by atoms with E-state index in [1.165, 1.54) is 0 Å². The average Bonchev–Trinajstić information content (AvgIpc) is 3.29. The second kappa shape index (κ2) is 13.8. The van der Waals surface area contributed by atoms with E-state index in [-0.39, 0.29) is 17.3 Å². The maximum Gasteiger partial charge on any atom is 0.300 e. The number of nitrogens with one attached hydrogen (secondary N) is 1. The van der Waals surface area contributed by atoms with Gasteiger partial charge in [0.2, 0.25) is 5.78 Å². The van der Waals surface area contributed by atoms with Gasteiger partial charge < -0.3 is 15.1 Å². The van der Waals surface area contributed by atoms with Gasteiger partial charge in [0.1, 0.15) is 0 Å². The van der Waals surface area contributed by atoms with E-state index in [0.717, 1.165) is 50.2 Å². The maximum absolute atomic E-state index is 13.3. The molecule has 0 bridgehead atoms. The number of aromatic nitrogens is 1. The Bertz CT molecular complexity index is 1800. The third-order valence-electron chi connectivity index (χ3n) is 6.80. The molecule has 1 heterocycles. The zero-order valence-corrected chi connectivity index (χ0v) is 26.0. The molecule has 0 aliphatic carbocycles. The number of fused-ring (bicyclic) bond motifs is 3. The molecule has 1 aromatic heterocycles. The Morgan fingerprint density at radius 3 is 2.05 bits per heavy atom. The molecule has 0 saturated heterocycles. The lowest BCUT2D eigenvalue weighted by Gasteiger charge is -2.06. The molecule has 0 radical (unpaired) electrons. The van der Waals surface area contributed by atoms with Gasteiger partial charge in [0, 0.05) is 73.5 Å². The molecule has 0 aliphatic heterocycles. The lowest BCUT2D eigenvalue weighted by Crippen LogP contribution is -2.14. The van der Waals surface area contributed by atoms with Crippen LogP contribution in [0.1, 0.15) is 52.1 Å². The second-order valence-corrected chi connectivity index (χ2v) is 11.8. The Morgan fingerprint density at radius 1 is 0.881 bits per heavy atom. The average molecular weight is 644 g/mol. The summed E-state index contributed by atoms with van der Waals surface area (Å²) in [5.41, 5.74) is 4.89. The highest BCUT2D eigenvalue weighted by molar-refractivity contribution is 9.10. The number of aliphatic carboxylic acids is 1. The van der Waals surface area contributed by atoms with Crippen molar-refractivity contribution < 1.29 is 19.5 Å². The van der Waals surface area contributed by atoms with Gasteiger partial charge in [-0.15, -0.1) is 11.8 Å². The smallest absolute Gasteiger partial charge is 0.300 e. The van der Waals surface area contributed by atoms with Gasteiger partial charge in [-0.05, 0) is 80.1 Å². The van der Waals surface area contributed by atoms with Crippen LogP contribution in [0.5, 0.6) is 0 Å². The third kappa shape index (κ3) is 7.06. The molecule has 0 amide bonds. The summed E-state index contributed by atoms with van der Waals surface area (Å²) in [5.74, 6) is -0.443. The van der Waals surface area contributed by atoms with Gasteiger partial charge in [0.15, 0.2) is 5.78 Å². The van der Waals surface area contributed by atoms with E-state index < -0.39 is 5.97 Å². The first kappa shape index (κ1) is 30.9. The van der Waals surface area contributed by atoms with Crippen molar-refractivity contribution >= 4 is 72.7 Å². The fourth-order valence-corrected chi connectivity index (χ4v) is 5.93. The van der Waals surface area contributed by atoms with Crippen molar-refractivity contribution in [3.8, 4) is 0 Å². The molecule has 0 unspecified atom stereocenters. The molecule has 4 aromatic carbocycles. The molecule has 0 aliphatic rings.